The predicted molar refractivity (Wildman–Crippen MR) is 76.2 cm³/mol. The van der Waals surface area contributed by atoms with E-state index in [9.17, 15) is 15.0 Å². The summed E-state index contributed by atoms with van der Waals surface area (Å²) in [5, 5.41) is 18.9. The van der Waals surface area contributed by atoms with E-state index in [0.717, 1.165) is 18.4 Å². The SMILES string of the molecule is O=C(c1ccc(O)cc1)c1cc(O)ccc1C1CCC1. The van der Waals surface area contributed by atoms with Gasteiger partial charge >= 0.3 is 0 Å². The van der Waals surface area contributed by atoms with Gasteiger partial charge in [0.25, 0.3) is 0 Å². The number of rotatable bonds is 3. The standard InChI is InChI=1S/C17H16O3/c18-13-6-4-12(5-7-13)17(20)16-10-14(19)8-9-15(16)11-2-1-3-11/h4-11,18-19H,1-3H2. The Balaban J connectivity index is 2.01. The summed E-state index contributed by atoms with van der Waals surface area (Å²) < 4.78 is 0. The highest BCUT2D eigenvalue weighted by atomic mass is 16.3. The van der Waals surface area contributed by atoms with Crippen LogP contribution < -0.4 is 0 Å². The van der Waals surface area contributed by atoms with E-state index < -0.39 is 0 Å². The van der Waals surface area contributed by atoms with Crippen LogP contribution in [-0.4, -0.2) is 16.0 Å². The summed E-state index contributed by atoms with van der Waals surface area (Å²) in [6, 6.07) is 11.2. The van der Waals surface area contributed by atoms with Gasteiger partial charge in [-0.25, -0.2) is 0 Å². The number of ketones is 1. The zero-order valence-electron chi connectivity index (χ0n) is 11.0. The van der Waals surface area contributed by atoms with Crippen molar-refractivity contribution in [2.75, 3.05) is 0 Å². The third kappa shape index (κ3) is 2.27. The van der Waals surface area contributed by atoms with Crippen LogP contribution in [-0.2, 0) is 0 Å². The lowest BCUT2D eigenvalue weighted by atomic mass is 9.77. The molecular weight excluding hydrogens is 252 g/mol. The Bertz CT molecular complexity index is 640. The molecule has 20 heavy (non-hydrogen) atoms. The molecule has 0 saturated heterocycles. The summed E-state index contributed by atoms with van der Waals surface area (Å²) >= 11 is 0. The zero-order chi connectivity index (χ0) is 14.1. The lowest BCUT2D eigenvalue weighted by Crippen LogP contribution is -2.14. The molecule has 3 heteroatoms. The van der Waals surface area contributed by atoms with E-state index in [2.05, 4.69) is 0 Å². The molecule has 0 aliphatic heterocycles. The molecule has 2 aromatic rings. The first-order valence-electron chi connectivity index (χ1n) is 6.82. The Morgan fingerprint density at radius 2 is 1.60 bits per heavy atom. The Labute approximate surface area is 117 Å². The lowest BCUT2D eigenvalue weighted by Gasteiger charge is -2.27. The molecule has 0 aromatic heterocycles. The van der Waals surface area contributed by atoms with Crippen LogP contribution in [0.3, 0.4) is 0 Å². The van der Waals surface area contributed by atoms with E-state index in [0.29, 0.717) is 17.0 Å². The molecule has 0 heterocycles. The van der Waals surface area contributed by atoms with Crippen LogP contribution in [0.4, 0.5) is 0 Å². The first kappa shape index (κ1) is 12.7. The highest BCUT2D eigenvalue weighted by molar-refractivity contribution is 6.10. The van der Waals surface area contributed by atoms with E-state index >= 15 is 0 Å². The normalized spacial score (nSPS) is 14.8. The second kappa shape index (κ2) is 5.00. The Morgan fingerprint density at radius 1 is 0.950 bits per heavy atom. The number of carbonyl (C=O) groups excluding carboxylic acids is 1. The fraction of sp³-hybridized carbons (Fsp3) is 0.235. The van der Waals surface area contributed by atoms with Gasteiger partial charge in [-0.15, -0.1) is 0 Å². The van der Waals surface area contributed by atoms with Crippen molar-refractivity contribution in [1.82, 2.24) is 0 Å². The van der Waals surface area contributed by atoms with Crippen molar-refractivity contribution in [2.45, 2.75) is 25.2 Å². The smallest absolute Gasteiger partial charge is 0.193 e. The number of hydrogen-bond acceptors (Lipinski definition) is 3. The first-order valence-corrected chi connectivity index (χ1v) is 6.82. The second-order valence-electron chi connectivity index (χ2n) is 5.28. The molecule has 1 fully saturated rings. The minimum Gasteiger partial charge on any atom is -0.508 e. The van der Waals surface area contributed by atoms with Crippen molar-refractivity contribution >= 4 is 5.78 Å². The highest BCUT2D eigenvalue weighted by Gasteiger charge is 2.25. The Hall–Kier alpha value is -2.29. The molecule has 0 bridgehead atoms. The van der Waals surface area contributed by atoms with E-state index in [4.69, 9.17) is 0 Å². The Morgan fingerprint density at radius 3 is 2.20 bits per heavy atom. The molecular formula is C17H16O3. The van der Waals surface area contributed by atoms with E-state index in [1.54, 1.807) is 24.3 Å². The van der Waals surface area contributed by atoms with E-state index in [1.165, 1.54) is 18.6 Å². The number of phenols is 2. The van der Waals surface area contributed by atoms with Gasteiger partial charge in [-0.3, -0.25) is 4.79 Å². The Kier molecular flexibility index (Phi) is 3.18. The van der Waals surface area contributed by atoms with Crippen LogP contribution in [0.1, 0.15) is 46.7 Å². The zero-order valence-corrected chi connectivity index (χ0v) is 11.0. The van der Waals surface area contributed by atoms with Gasteiger partial charge in [0.15, 0.2) is 5.78 Å². The molecule has 3 nitrogen and oxygen atoms in total. The number of aromatic hydroxyl groups is 2. The summed E-state index contributed by atoms with van der Waals surface area (Å²) in [6.45, 7) is 0. The molecule has 1 aliphatic carbocycles. The van der Waals surface area contributed by atoms with Gasteiger partial charge in [0.05, 0.1) is 0 Å². The summed E-state index contributed by atoms with van der Waals surface area (Å²) in [7, 11) is 0. The average molecular weight is 268 g/mol. The minimum absolute atomic E-state index is 0.107. The fourth-order valence-electron chi connectivity index (χ4n) is 2.58. The highest BCUT2D eigenvalue weighted by Crippen LogP contribution is 2.39. The van der Waals surface area contributed by atoms with Crippen LogP contribution in [0.15, 0.2) is 42.5 Å². The molecule has 102 valence electrons. The molecule has 0 spiro atoms. The van der Waals surface area contributed by atoms with Crippen LogP contribution in [0, 0.1) is 0 Å². The van der Waals surface area contributed by atoms with Crippen molar-refractivity contribution in [3.05, 3.63) is 59.2 Å². The minimum atomic E-state index is -0.109. The molecule has 0 unspecified atom stereocenters. The monoisotopic (exact) mass is 268 g/mol. The molecule has 3 rings (SSSR count). The van der Waals surface area contributed by atoms with Crippen molar-refractivity contribution in [3.8, 4) is 11.5 Å². The van der Waals surface area contributed by atoms with Gasteiger partial charge in [0, 0.05) is 11.1 Å². The molecule has 1 aliphatic rings. The van der Waals surface area contributed by atoms with Crippen molar-refractivity contribution < 1.29 is 15.0 Å². The molecule has 0 atom stereocenters. The molecule has 0 amide bonds. The van der Waals surface area contributed by atoms with Crippen molar-refractivity contribution in [2.24, 2.45) is 0 Å². The summed E-state index contributed by atoms with van der Waals surface area (Å²) in [4.78, 5) is 12.6. The maximum atomic E-state index is 12.6. The van der Waals surface area contributed by atoms with Crippen LogP contribution in [0.25, 0.3) is 0 Å². The number of hydrogen-bond donors (Lipinski definition) is 2. The third-order valence-corrected chi connectivity index (χ3v) is 3.96. The van der Waals surface area contributed by atoms with Gasteiger partial charge in [0.1, 0.15) is 11.5 Å². The fourth-order valence-corrected chi connectivity index (χ4v) is 2.58. The predicted octanol–water partition coefficient (Wildman–Crippen LogP) is 3.60. The van der Waals surface area contributed by atoms with Gasteiger partial charge in [0.2, 0.25) is 0 Å². The number of benzene rings is 2. The van der Waals surface area contributed by atoms with Crippen LogP contribution >= 0.6 is 0 Å². The van der Waals surface area contributed by atoms with Crippen molar-refractivity contribution in [3.63, 3.8) is 0 Å². The lowest BCUT2D eigenvalue weighted by molar-refractivity contribution is 0.103. The molecule has 0 radical (unpaired) electrons. The van der Waals surface area contributed by atoms with Crippen LogP contribution in [0.5, 0.6) is 11.5 Å². The van der Waals surface area contributed by atoms with Gasteiger partial charge in [-0.1, -0.05) is 12.5 Å². The van der Waals surface area contributed by atoms with E-state index in [1.807, 2.05) is 6.07 Å². The second-order valence-corrected chi connectivity index (χ2v) is 5.28. The quantitative estimate of drug-likeness (QED) is 0.836. The summed E-state index contributed by atoms with van der Waals surface area (Å²) in [6.07, 6.45) is 3.39. The number of carbonyl (C=O) groups is 1. The first-order chi connectivity index (χ1) is 9.65. The molecule has 1 saturated carbocycles. The average Bonchev–Trinajstić information content (AvgIpc) is 2.39. The summed E-state index contributed by atoms with van der Waals surface area (Å²) in [5.74, 6) is 0.557. The van der Waals surface area contributed by atoms with Gasteiger partial charge in [-0.2, -0.15) is 0 Å². The van der Waals surface area contributed by atoms with E-state index in [-0.39, 0.29) is 17.3 Å². The third-order valence-electron chi connectivity index (χ3n) is 3.96. The maximum absolute atomic E-state index is 12.6. The maximum Gasteiger partial charge on any atom is 0.193 e. The molecule has 2 aromatic carbocycles. The van der Waals surface area contributed by atoms with Crippen LogP contribution in [0.2, 0.25) is 0 Å². The van der Waals surface area contributed by atoms with Gasteiger partial charge in [-0.05, 0) is 60.7 Å². The van der Waals surface area contributed by atoms with Crippen molar-refractivity contribution in [1.29, 1.82) is 0 Å². The number of phenolic OH excluding ortho intramolecular Hbond substituents is 2. The van der Waals surface area contributed by atoms with Gasteiger partial charge < -0.3 is 10.2 Å². The molecule has 2 N–H and O–H groups in total. The largest absolute Gasteiger partial charge is 0.508 e. The summed E-state index contributed by atoms with van der Waals surface area (Å²) in [5.41, 5.74) is 2.11. The topological polar surface area (TPSA) is 57.5 Å².